The van der Waals surface area contributed by atoms with E-state index in [1.807, 2.05) is 13.2 Å². The van der Waals surface area contributed by atoms with Gasteiger partial charge in [0.25, 0.3) is 0 Å². The summed E-state index contributed by atoms with van der Waals surface area (Å²) in [6.07, 6.45) is 3.11. The maximum absolute atomic E-state index is 4.46. The number of aryl methyl sites for hydroxylation is 1. The maximum Gasteiger partial charge on any atom is 0.128 e. The Kier molecular flexibility index (Phi) is 2.65. The zero-order valence-corrected chi connectivity index (χ0v) is 9.75. The first kappa shape index (κ1) is 10.4. The first-order valence-corrected chi connectivity index (χ1v) is 5.49. The standard InChI is InChI=1S/C12H19N3/c1-10-4-5-11(14-8-10)15-7-6-12(2,9-15)13-3/h4-5,8,13H,6-7,9H2,1-3H3. The van der Waals surface area contributed by atoms with Crippen molar-refractivity contribution in [2.24, 2.45) is 0 Å². The molecule has 0 amide bonds. The second-order valence-corrected chi connectivity index (χ2v) is 4.68. The zero-order chi connectivity index (χ0) is 10.9. The first-order valence-electron chi connectivity index (χ1n) is 5.49. The van der Waals surface area contributed by atoms with Crippen molar-refractivity contribution in [3.63, 3.8) is 0 Å². The Morgan fingerprint density at radius 2 is 2.27 bits per heavy atom. The number of anilines is 1. The molecule has 2 heterocycles. The minimum atomic E-state index is 0.243. The quantitative estimate of drug-likeness (QED) is 0.794. The van der Waals surface area contributed by atoms with Crippen molar-refractivity contribution >= 4 is 5.82 Å². The van der Waals surface area contributed by atoms with Crippen LogP contribution in [0.5, 0.6) is 0 Å². The smallest absolute Gasteiger partial charge is 0.128 e. The molecule has 0 saturated carbocycles. The van der Waals surface area contributed by atoms with Gasteiger partial charge in [0.05, 0.1) is 0 Å². The highest BCUT2D eigenvalue weighted by Crippen LogP contribution is 2.24. The molecule has 0 aromatic carbocycles. The number of rotatable bonds is 2. The molecule has 3 heteroatoms. The van der Waals surface area contributed by atoms with Crippen LogP contribution in [0.25, 0.3) is 0 Å². The lowest BCUT2D eigenvalue weighted by Gasteiger charge is -2.24. The van der Waals surface area contributed by atoms with E-state index in [9.17, 15) is 0 Å². The van der Waals surface area contributed by atoms with Gasteiger partial charge in [-0.2, -0.15) is 0 Å². The molecule has 0 aliphatic carbocycles. The molecule has 1 atom stereocenters. The number of aromatic nitrogens is 1. The Bertz CT molecular complexity index is 333. The molecule has 2 rings (SSSR count). The van der Waals surface area contributed by atoms with Gasteiger partial charge in [-0.05, 0) is 38.9 Å². The van der Waals surface area contributed by atoms with Gasteiger partial charge < -0.3 is 10.2 Å². The number of nitrogens with zero attached hydrogens (tertiary/aromatic N) is 2. The van der Waals surface area contributed by atoms with Gasteiger partial charge in [-0.25, -0.2) is 4.98 Å². The average molecular weight is 205 g/mol. The molecule has 1 aromatic rings. The van der Waals surface area contributed by atoms with E-state index in [4.69, 9.17) is 0 Å². The Hall–Kier alpha value is -1.09. The molecule has 1 aromatic heterocycles. The van der Waals surface area contributed by atoms with Crippen molar-refractivity contribution in [2.45, 2.75) is 25.8 Å². The van der Waals surface area contributed by atoms with E-state index in [0.29, 0.717) is 0 Å². The van der Waals surface area contributed by atoms with Gasteiger partial charge in [0.1, 0.15) is 5.82 Å². The predicted octanol–water partition coefficient (Wildman–Crippen LogP) is 1.58. The van der Waals surface area contributed by atoms with Gasteiger partial charge in [0, 0.05) is 24.8 Å². The summed E-state index contributed by atoms with van der Waals surface area (Å²) in [4.78, 5) is 6.80. The van der Waals surface area contributed by atoms with E-state index in [1.165, 1.54) is 12.0 Å². The molecule has 1 aliphatic heterocycles. The molecule has 82 valence electrons. The fraction of sp³-hybridized carbons (Fsp3) is 0.583. The topological polar surface area (TPSA) is 28.2 Å². The summed E-state index contributed by atoms with van der Waals surface area (Å²) in [5.74, 6) is 1.10. The molecule has 1 N–H and O–H groups in total. The predicted molar refractivity (Wildman–Crippen MR) is 63.3 cm³/mol. The Balaban J connectivity index is 2.11. The second kappa shape index (κ2) is 3.81. The number of likely N-dealkylation sites (N-methyl/N-ethyl adjacent to an activating group) is 1. The van der Waals surface area contributed by atoms with Crippen LogP contribution in [-0.4, -0.2) is 30.7 Å². The SMILES string of the molecule is CNC1(C)CCN(c2ccc(C)cn2)C1. The van der Waals surface area contributed by atoms with E-state index in [0.717, 1.165) is 18.9 Å². The first-order chi connectivity index (χ1) is 7.13. The van der Waals surface area contributed by atoms with Crippen LogP contribution in [-0.2, 0) is 0 Å². The van der Waals surface area contributed by atoms with Crippen molar-refractivity contribution < 1.29 is 0 Å². The summed E-state index contributed by atoms with van der Waals surface area (Å²) in [6.45, 7) is 6.46. The summed E-state index contributed by atoms with van der Waals surface area (Å²) in [7, 11) is 2.03. The average Bonchev–Trinajstić information content (AvgIpc) is 2.63. The lowest BCUT2D eigenvalue weighted by Crippen LogP contribution is -2.42. The monoisotopic (exact) mass is 205 g/mol. The van der Waals surface area contributed by atoms with E-state index < -0.39 is 0 Å². The molecule has 0 radical (unpaired) electrons. The van der Waals surface area contributed by atoms with Gasteiger partial charge in [-0.15, -0.1) is 0 Å². The molecule has 1 saturated heterocycles. The van der Waals surface area contributed by atoms with Crippen molar-refractivity contribution in [1.29, 1.82) is 0 Å². The van der Waals surface area contributed by atoms with Gasteiger partial charge in [-0.3, -0.25) is 0 Å². The third kappa shape index (κ3) is 2.12. The molecular weight excluding hydrogens is 186 g/mol. The number of pyridine rings is 1. The Morgan fingerprint density at radius 3 is 2.80 bits per heavy atom. The van der Waals surface area contributed by atoms with Crippen LogP contribution in [0.1, 0.15) is 18.9 Å². The fourth-order valence-electron chi connectivity index (χ4n) is 2.01. The van der Waals surface area contributed by atoms with E-state index in [-0.39, 0.29) is 5.54 Å². The van der Waals surface area contributed by atoms with Gasteiger partial charge >= 0.3 is 0 Å². The Labute approximate surface area is 91.5 Å². The lowest BCUT2D eigenvalue weighted by atomic mass is 10.0. The van der Waals surface area contributed by atoms with Crippen LogP contribution in [0.4, 0.5) is 5.82 Å². The van der Waals surface area contributed by atoms with Crippen LogP contribution in [0.2, 0.25) is 0 Å². The van der Waals surface area contributed by atoms with Crippen LogP contribution in [0.3, 0.4) is 0 Å². The minimum Gasteiger partial charge on any atom is -0.355 e. The third-order valence-corrected chi connectivity index (χ3v) is 3.30. The number of nitrogens with one attached hydrogen (secondary N) is 1. The van der Waals surface area contributed by atoms with E-state index in [1.54, 1.807) is 0 Å². The van der Waals surface area contributed by atoms with Gasteiger partial charge in [-0.1, -0.05) is 6.07 Å². The van der Waals surface area contributed by atoms with Gasteiger partial charge in [0.2, 0.25) is 0 Å². The second-order valence-electron chi connectivity index (χ2n) is 4.68. The largest absolute Gasteiger partial charge is 0.355 e. The van der Waals surface area contributed by atoms with Crippen molar-refractivity contribution in [1.82, 2.24) is 10.3 Å². The van der Waals surface area contributed by atoms with Crippen LogP contribution in [0, 0.1) is 6.92 Å². The summed E-state index contributed by atoms with van der Waals surface area (Å²) in [6, 6.07) is 4.23. The van der Waals surface area contributed by atoms with E-state index in [2.05, 4.69) is 41.2 Å². The third-order valence-electron chi connectivity index (χ3n) is 3.30. The molecule has 0 spiro atoms. The van der Waals surface area contributed by atoms with Crippen LogP contribution in [0.15, 0.2) is 18.3 Å². The van der Waals surface area contributed by atoms with Crippen molar-refractivity contribution in [3.8, 4) is 0 Å². The fourth-order valence-corrected chi connectivity index (χ4v) is 2.01. The van der Waals surface area contributed by atoms with Crippen molar-refractivity contribution in [2.75, 3.05) is 25.0 Å². The molecule has 0 bridgehead atoms. The van der Waals surface area contributed by atoms with Crippen LogP contribution >= 0.6 is 0 Å². The number of hydrogen-bond donors (Lipinski definition) is 1. The van der Waals surface area contributed by atoms with E-state index >= 15 is 0 Å². The Morgan fingerprint density at radius 1 is 1.47 bits per heavy atom. The number of hydrogen-bond acceptors (Lipinski definition) is 3. The summed E-state index contributed by atoms with van der Waals surface area (Å²) >= 11 is 0. The summed E-state index contributed by atoms with van der Waals surface area (Å²) < 4.78 is 0. The normalized spacial score (nSPS) is 25.9. The molecule has 3 nitrogen and oxygen atoms in total. The highest BCUT2D eigenvalue weighted by Gasteiger charge is 2.32. The molecule has 1 unspecified atom stereocenters. The van der Waals surface area contributed by atoms with Crippen molar-refractivity contribution in [3.05, 3.63) is 23.9 Å². The summed E-state index contributed by atoms with van der Waals surface area (Å²) in [5.41, 5.74) is 1.46. The molecule has 1 fully saturated rings. The van der Waals surface area contributed by atoms with Crippen LogP contribution < -0.4 is 10.2 Å². The minimum absolute atomic E-state index is 0.243. The maximum atomic E-state index is 4.46. The molecule has 15 heavy (non-hydrogen) atoms. The lowest BCUT2D eigenvalue weighted by molar-refractivity contribution is 0.428. The molecular formula is C12H19N3. The van der Waals surface area contributed by atoms with Gasteiger partial charge in [0.15, 0.2) is 0 Å². The highest BCUT2D eigenvalue weighted by atomic mass is 15.2. The highest BCUT2D eigenvalue weighted by molar-refractivity contribution is 5.41. The molecule has 1 aliphatic rings. The zero-order valence-electron chi connectivity index (χ0n) is 9.75. The summed E-state index contributed by atoms with van der Waals surface area (Å²) in [5, 5.41) is 3.38.